The van der Waals surface area contributed by atoms with E-state index >= 15 is 0 Å². The molecule has 0 aliphatic heterocycles. The Balaban J connectivity index is 2.82. The molecule has 1 heterocycles. The summed E-state index contributed by atoms with van der Waals surface area (Å²) in [5, 5.41) is 9.59. The van der Waals surface area contributed by atoms with Gasteiger partial charge < -0.3 is 10.8 Å². The molecule has 0 aromatic carbocycles. The smallest absolute Gasteiger partial charge is 0.129 e. The van der Waals surface area contributed by atoms with Crippen molar-refractivity contribution in [1.29, 1.82) is 0 Å². The molecular weight excluding hydrogens is 176 g/mol. The molecule has 0 radical (unpaired) electrons. The van der Waals surface area contributed by atoms with E-state index in [2.05, 4.69) is 4.98 Å². The molecule has 0 fully saturated rings. The molecule has 0 aliphatic rings. The molecule has 66 valence electrons. The van der Waals surface area contributed by atoms with Crippen LogP contribution in [-0.2, 0) is 0 Å². The molecule has 0 unspecified atom stereocenters. The first-order valence-electron chi connectivity index (χ1n) is 3.66. The van der Waals surface area contributed by atoms with Gasteiger partial charge in [0, 0.05) is 6.20 Å². The van der Waals surface area contributed by atoms with E-state index in [4.69, 9.17) is 22.4 Å². The largest absolute Gasteiger partial charge is 0.391 e. The van der Waals surface area contributed by atoms with Crippen LogP contribution in [0.4, 0.5) is 0 Å². The van der Waals surface area contributed by atoms with Gasteiger partial charge in [0.05, 0.1) is 12.1 Å². The number of nitrogens with zero attached hydrogens (tertiary/aromatic N) is 1. The Morgan fingerprint density at radius 1 is 1.58 bits per heavy atom. The zero-order chi connectivity index (χ0) is 9.14. The molecule has 0 saturated heterocycles. The lowest BCUT2D eigenvalue weighted by Gasteiger charge is -2.13. The molecule has 0 spiro atoms. The third kappa shape index (κ3) is 2.17. The Morgan fingerprint density at radius 2 is 2.25 bits per heavy atom. The molecule has 0 bridgehead atoms. The zero-order valence-electron chi connectivity index (χ0n) is 6.74. The van der Waals surface area contributed by atoms with Crippen molar-refractivity contribution in [3.05, 3.63) is 29.0 Å². The van der Waals surface area contributed by atoms with Crippen LogP contribution in [0.3, 0.4) is 0 Å². The third-order valence-electron chi connectivity index (χ3n) is 1.65. The highest BCUT2D eigenvalue weighted by atomic mass is 35.5. The van der Waals surface area contributed by atoms with Gasteiger partial charge in [-0.3, -0.25) is 0 Å². The standard InChI is InChI=1S/C8H11ClN2O/c1-5(12)8(10)6-2-3-7(9)11-4-6/h2-5,8,12H,10H2,1H3/t5-,8+/m1/s1. The second-order valence-corrected chi connectivity index (χ2v) is 3.07. The molecular formula is C8H11ClN2O. The minimum absolute atomic E-state index is 0.394. The fourth-order valence-electron chi connectivity index (χ4n) is 0.863. The van der Waals surface area contributed by atoms with Crippen molar-refractivity contribution < 1.29 is 5.11 Å². The quantitative estimate of drug-likeness (QED) is 0.681. The molecule has 0 saturated carbocycles. The predicted molar refractivity (Wildman–Crippen MR) is 47.9 cm³/mol. The van der Waals surface area contributed by atoms with Crippen LogP contribution in [0.1, 0.15) is 18.5 Å². The van der Waals surface area contributed by atoms with Gasteiger partial charge in [0.1, 0.15) is 5.15 Å². The molecule has 1 rings (SSSR count). The van der Waals surface area contributed by atoms with Crippen LogP contribution in [0, 0.1) is 0 Å². The van der Waals surface area contributed by atoms with E-state index in [1.807, 2.05) is 0 Å². The summed E-state index contributed by atoms with van der Waals surface area (Å²) in [5.41, 5.74) is 6.44. The summed E-state index contributed by atoms with van der Waals surface area (Å²) in [6.45, 7) is 1.64. The van der Waals surface area contributed by atoms with Gasteiger partial charge in [0.2, 0.25) is 0 Å². The van der Waals surface area contributed by atoms with E-state index in [1.165, 1.54) is 0 Å². The lowest BCUT2D eigenvalue weighted by molar-refractivity contribution is 0.164. The summed E-state index contributed by atoms with van der Waals surface area (Å²) >= 11 is 5.58. The Bertz CT molecular complexity index is 248. The first-order valence-corrected chi connectivity index (χ1v) is 4.04. The molecule has 0 amide bonds. The van der Waals surface area contributed by atoms with Crippen LogP contribution in [-0.4, -0.2) is 16.2 Å². The second kappa shape index (κ2) is 3.85. The van der Waals surface area contributed by atoms with Crippen molar-refractivity contribution in [2.45, 2.75) is 19.1 Å². The van der Waals surface area contributed by atoms with Gasteiger partial charge in [-0.05, 0) is 18.6 Å². The molecule has 0 aliphatic carbocycles. The summed E-state index contributed by atoms with van der Waals surface area (Å²) in [4.78, 5) is 3.86. The van der Waals surface area contributed by atoms with E-state index in [9.17, 15) is 0 Å². The molecule has 1 aromatic rings. The maximum atomic E-state index is 9.16. The zero-order valence-corrected chi connectivity index (χ0v) is 7.49. The van der Waals surface area contributed by atoms with E-state index in [0.717, 1.165) is 5.56 Å². The van der Waals surface area contributed by atoms with Crippen molar-refractivity contribution in [3.8, 4) is 0 Å². The number of hydrogen-bond acceptors (Lipinski definition) is 3. The Morgan fingerprint density at radius 3 is 2.67 bits per heavy atom. The van der Waals surface area contributed by atoms with E-state index in [1.54, 1.807) is 25.3 Å². The molecule has 4 heteroatoms. The summed E-state index contributed by atoms with van der Waals surface area (Å²) in [6.07, 6.45) is 0.993. The van der Waals surface area contributed by atoms with Gasteiger partial charge >= 0.3 is 0 Å². The van der Waals surface area contributed by atoms with Gasteiger partial charge in [0.15, 0.2) is 0 Å². The maximum Gasteiger partial charge on any atom is 0.129 e. The van der Waals surface area contributed by atoms with Crippen molar-refractivity contribution >= 4 is 11.6 Å². The van der Waals surface area contributed by atoms with Gasteiger partial charge in [-0.2, -0.15) is 0 Å². The van der Waals surface area contributed by atoms with E-state index in [0.29, 0.717) is 5.15 Å². The van der Waals surface area contributed by atoms with Crippen LogP contribution in [0.25, 0.3) is 0 Å². The maximum absolute atomic E-state index is 9.16. The monoisotopic (exact) mass is 186 g/mol. The van der Waals surface area contributed by atoms with Gasteiger partial charge in [0.25, 0.3) is 0 Å². The summed E-state index contributed by atoms with van der Waals surface area (Å²) < 4.78 is 0. The molecule has 3 N–H and O–H groups in total. The number of nitrogens with two attached hydrogens (primary N) is 1. The highest BCUT2D eigenvalue weighted by molar-refractivity contribution is 6.29. The number of hydrogen-bond donors (Lipinski definition) is 2. The molecule has 1 aromatic heterocycles. The SMILES string of the molecule is C[C@@H](O)[C@H](N)c1ccc(Cl)nc1. The lowest BCUT2D eigenvalue weighted by atomic mass is 10.1. The summed E-state index contributed by atoms with van der Waals surface area (Å²) in [5.74, 6) is 0. The second-order valence-electron chi connectivity index (χ2n) is 2.68. The van der Waals surface area contributed by atoms with Gasteiger partial charge in [-0.15, -0.1) is 0 Å². The fourth-order valence-corrected chi connectivity index (χ4v) is 0.975. The van der Waals surface area contributed by atoms with Crippen LogP contribution in [0.2, 0.25) is 5.15 Å². The minimum Gasteiger partial charge on any atom is -0.391 e. The third-order valence-corrected chi connectivity index (χ3v) is 1.88. The number of aromatic nitrogens is 1. The van der Waals surface area contributed by atoms with Gasteiger partial charge in [-0.25, -0.2) is 4.98 Å². The number of aliphatic hydroxyl groups excluding tert-OH is 1. The van der Waals surface area contributed by atoms with Crippen LogP contribution >= 0.6 is 11.6 Å². The lowest BCUT2D eigenvalue weighted by Crippen LogP contribution is -2.23. The van der Waals surface area contributed by atoms with Crippen molar-refractivity contribution in [2.75, 3.05) is 0 Å². The molecule has 3 nitrogen and oxygen atoms in total. The summed E-state index contributed by atoms with van der Waals surface area (Å²) in [6, 6.07) is 3.01. The van der Waals surface area contributed by atoms with Crippen LogP contribution in [0.15, 0.2) is 18.3 Å². The average Bonchev–Trinajstić information content (AvgIpc) is 2.04. The normalized spacial score (nSPS) is 15.7. The first kappa shape index (κ1) is 9.45. The van der Waals surface area contributed by atoms with Crippen molar-refractivity contribution in [2.24, 2.45) is 5.73 Å². The van der Waals surface area contributed by atoms with E-state index in [-0.39, 0.29) is 0 Å². The van der Waals surface area contributed by atoms with Crippen molar-refractivity contribution in [1.82, 2.24) is 4.98 Å². The number of rotatable bonds is 2. The Kier molecular flexibility index (Phi) is 3.03. The number of halogens is 1. The molecule has 2 atom stereocenters. The molecule has 12 heavy (non-hydrogen) atoms. The van der Waals surface area contributed by atoms with E-state index < -0.39 is 12.1 Å². The topological polar surface area (TPSA) is 59.1 Å². The number of aliphatic hydroxyl groups is 1. The Hall–Kier alpha value is -0.640. The summed E-state index contributed by atoms with van der Waals surface area (Å²) in [7, 11) is 0. The average molecular weight is 187 g/mol. The number of pyridine rings is 1. The Labute approximate surface area is 76.2 Å². The van der Waals surface area contributed by atoms with Gasteiger partial charge in [-0.1, -0.05) is 17.7 Å². The van der Waals surface area contributed by atoms with Crippen molar-refractivity contribution in [3.63, 3.8) is 0 Å². The highest BCUT2D eigenvalue weighted by Gasteiger charge is 2.11. The first-order chi connectivity index (χ1) is 5.61. The highest BCUT2D eigenvalue weighted by Crippen LogP contribution is 2.14. The predicted octanol–water partition coefficient (Wildman–Crippen LogP) is 1.12. The minimum atomic E-state index is -0.576. The fraction of sp³-hybridized carbons (Fsp3) is 0.375. The van der Waals surface area contributed by atoms with Crippen LogP contribution < -0.4 is 5.73 Å². The van der Waals surface area contributed by atoms with Crippen LogP contribution in [0.5, 0.6) is 0 Å².